The van der Waals surface area contributed by atoms with Crippen LogP contribution in [0.1, 0.15) is 47.2 Å². The fraction of sp³-hybridized carbons (Fsp3) is 0.381. The van der Waals surface area contributed by atoms with Crippen LogP contribution in [0.3, 0.4) is 0 Å². The molecule has 0 aliphatic carbocycles. The van der Waals surface area contributed by atoms with Crippen LogP contribution in [0.5, 0.6) is 0 Å². The van der Waals surface area contributed by atoms with Gasteiger partial charge >= 0.3 is 5.97 Å². The standard InChI is InChI=1S/C21H26O2/c1-6-17-14(4)19(12-20(22)23)21(15(5)18(17)7-2)16-10-8-13(3)9-11-16/h8-11H,6-7,12H2,1-5H3,(H,22,23). The van der Waals surface area contributed by atoms with E-state index < -0.39 is 5.97 Å². The molecule has 2 heteroatoms. The maximum absolute atomic E-state index is 11.4. The maximum atomic E-state index is 11.4. The molecule has 0 radical (unpaired) electrons. The number of hydrogen-bond acceptors (Lipinski definition) is 1. The molecular formula is C21H26O2. The highest BCUT2D eigenvalue weighted by Gasteiger charge is 2.20. The second-order valence-electron chi connectivity index (χ2n) is 6.20. The van der Waals surface area contributed by atoms with Crippen molar-refractivity contribution >= 4 is 5.97 Å². The van der Waals surface area contributed by atoms with E-state index in [1.54, 1.807) is 0 Å². The first kappa shape index (κ1) is 17.3. The van der Waals surface area contributed by atoms with Crippen LogP contribution in [0.2, 0.25) is 0 Å². The van der Waals surface area contributed by atoms with E-state index in [4.69, 9.17) is 0 Å². The summed E-state index contributed by atoms with van der Waals surface area (Å²) in [6, 6.07) is 8.39. The normalized spacial score (nSPS) is 10.8. The highest BCUT2D eigenvalue weighted by Crippen LogP contribution is 2.36. The fourth-order valence-electron chi connectivity index (χ4n) is 3.64. The molecule has 2 aromatic rings. The molecule has 0 aliphatic heterocycles. The lowest BCUT2D eigenvalue weighted by Crippen LogP contribution is -2.10. The fourth-order valence-corrected chi connectivity index (χ4v) is 3.64. The summed E-state index contributed by atoms with van der Waals surface area (Å²) in [5, 5.41) is 9.39. The zero-order chi connectivity index (χ0) is 17.1. The Labute approximate surface area is 139 Å². The van der Waals surface area contributed by atoms with Gasteiger partial charge in [-0.25, -0.2) is 0 Å². The Kier molecular flexibility index (Phi) is 5.25. The lowest BCUT2D eigenvalue weighted by Gasteiger charge is -2.23. The molecule has 0 saturated heterocycles. The lowest BCUT2D eigenvalue weighted by atomic mass is 9.82. The van der Waals surface area contributed by atoms with E-state index in [2.05, 4.69) is 58.9 Å². The van der Waals surface area contributed by atoms with Gasteiger partial charge in [-0.15, -0.1) is 0 Å². The van der Waals surface area contributed by atoms with E-state index in [1.165, 1.54) is 22.3 Å². The Hall–Kier alpha value is -2.09. The third-order valence-corrected chi connectivity index (χ3v) is 4.77. The third kappa shape index (κ3) is 3.31. The van der Waals surface area contributed by atoms with Gasteiger partial charge in [0.1, 0.15) is 0 Å². The van der Waals surface area contributed by atoms with Crippen LogP contribution in [0.4, 0.5) is 0 Å². The first-order chi connectivity index (χ1) is 10.9. The summed E-state index contributed by atoms with van der Waals surface area (Å²) in [4.78, 5) is 11.4. The molecule has 0 fully saturated rings. The molecule has 0 amide bonds. The van der Waals surface area contributed by atoms with E-state index in [-0.39, 0.29) is 6.42 Å². The van der Waals surface area contributed by atoms with Crippen molar-refractivity contribution in [3.8, 4) is 11.1 Å². The van der Waals surface area contributed by atoms with Crippen molar-refractivity contribution in [2.24, 2.45) is 0 Å². The van der Waals surface area contributed by atoms with Gasteiger partial charge in [0.15, 0.2) is 0 Å². The van der Waals surface area contributed by atoms with E-state index in [9.17, 15) is 9.90 Å². The van der Waals surface area contributed by atoms with Gasteiger partial charge in [-0.3, -0.25) is 4.79 Å². The van der Waals surface area contributed by atoms with Crippen molar-refractivity contribution in [3.63, 3.8) is 0 Å². The topological polar surface area (TPSA) is 37.3 Å². The van der Waals surface area contributed by atoms with Crippen molar-refractivity contribution in [3.05, 3.63) is 57.6 Å². The summed E-state index contributed by atoms with van der Waals surface area (Å²) in [6.45, 7) is 10.6. The van der Waals surface area contributed by atoms with Crippen LogP contribution in [-0.4, -0.2) is 11.1 Å². The molecule has 0 unspecified atom stereocenters. The van der Waals surface area contributed by atoms with Crippen LogP contribution < -0.4 is 0 Å². The summed E-state index contributed by atoms with van der Waals surface area (Å²) >= 11 is 0. The van der Waals surface area contributed by atoms with Gasteiger partial charge in [-0.2, -0.15) is 0 Å². The molecule has 0 aliphatic rings. The molecule has 0 bridgehead atoms. The zero-order valence-corrected chi connectivity index (χ0v) is 14.8. The number of hydrogen-bond donors (Lipinski definition) is 1. The summed E-state index contributed by atoms with van der Waals surface area (Å²) in [5.74, 6) is -0.771. The predicted octanol–water partition coefficient (Wildman–Crippen LogP) is 5.03. The lowest BCUT2D eigenvalue weighted by molar-refractivity contribution is -0.136. The summed E-state index contributed by atoms with van der Waals surface area (Å²) in [6.07, 6.45) is 1.99. The van der Waals surface area contributed by atoms with E-state index in [0.29, 0.717) is 0 Å². The van der Waals surface area contributed by atoms with Gasteiger partial charge < -0.3 is 5.11 Å². The zero-order valence-electron chi connectivity index (χ0n) is 14.8. The molecular weight excluding hydrogens is 284 g/mol. The predicted molar refractivity (Wildman–Crippen MR) is 96.2 cm³/mol. The molecule has 122 valence electrons. The second kappa shape index (κ2) is 6.99. The van der Waals surface area contributed by atoms with Crippen molar-refractivity contribution < 1.29 is 9.90 Å². The third-order valence-electron chi connectivity index (χ3n) is 4.77. The Morgan fingerprint density at radius 3 is 1.87 bits per heavy atom. The molecule has 0 spiro atoms. The largest absolute Gasteiger partial charge is 0.481 e. The number of benzene rings is 2. The molecule has 2 rings (SSSR count). The minimum atomic E-state index is -0.771. The summed E-state index contributed by atoms with van der Waals surface area (Å²) in [5.41, 5.74) is 9.47. The molecule has 0 saturated carbocycles. The van der Waals surface area contributed by atoms with Crippen LogP contribution in [0.15, 0.2) is 24.3 Å². The van der Waals surface area contributed by atoms with E-state index in [0.717, 1.165) is 35.1 Å². The molecule has 23 heavy (non-hydrogen) atoms. The van der Waals surface area contributed by atoms with Gasteiger partial charge in [0.2, 0.25) is 0 Å². The molecule has 1 N–H and O–H groups in total. The molecule has 2 aromatic carbocycles. The number of carboxylic acid groups (broad SMARTS) is 1. The first-order valence-electron chi connectivity index (χ1n) is 8.33. The van der Waals surface area contributed by atoms with E-state index in [1.807, 2.05) is 0 Å². The highest BCUT2D eigenvalue weighted by molar-refractivity contribution is 5.81. The van der Waals surface area contributed by atoms with Crippen molar-refractivity contribution in [2.45, 2.75) is 53.9 Å². The Balaban J connectivity index is 2.83. The molecule has 0 atom stereocenters. The van der Waals surface area contributed by atoms with Crippen LogP contribution in [0, 0.1) is 20.8 Å². The maximum Gasteiger partial charge on any atom is 0.307 e. The molecule has 0 heterocycles. The highest BCUT2D eigenvalue weighted by atomic mass is 16.4. The van der Waals surface area contributed by atoms with Gasteiger partial charge in [0.25, 0.3) is 0 Å². The summed E-state index contributed by atoms with van der Waals surface area (Å²) in [7, 11) is 0. The van der Waals surface area contributed by atoms with Gasteiger partial charge in [-0.1, -0.05) is 43.7 Å². The quantitative estimate of drug-likeness (QED) is 0.841. The Morgan fingerprint density at radius 2 is 1.39 bits per heavy atom. The number of carbonyl (C=O) groups is 1. The minimum absolute atomic E-state index is 0.0763. The van der Waals surface area contributed by atoms with Crippen LogP contribution in [0.25, 0.3) is 11.1 Å². The summed E-state index contributed by atoms with van der Waals surface area (Å²) < 4.78 is 0. The average molecular weight is 310 g/mol. The molecule has 0 aromatic heterocycles. The smallest absolute Gasteiger partial charge is 0.307 e. The minimum Gasteiger partial charge on any atom is -0.481 e. The molecule has 2 nitrogen and oxygen atoms in total. The Morgan fingerprint density at radius 1 is 0.870 bits per heavy atom. The van der Waals surface area contributed by atoms with Crippen LogP contribution >= 0.6 is 0 Å². The SMILES string of the molecule is CCc1c(C)c(CC(=O)O)c(-c2ccc(C)cc2)c(C)c1CC. The number of carboxylic acids is 1. The number of rotatable bonds is 5. The van der Waals surface area contributed by atoms with E-state index >= 15 is 0 Å². The van der Waals surface area contributed by atoms with Crippen molar-refractivity contribution in [2.75, 3.05) is 0 Å². The van der Waals surface area contributed by atoms with Crippen molar-refractivity contribution in [1.82, 2.24) is 0 Å². The van der Waals surface area contributed by atoms with Gasteiger partial charge in [0, 0.05) is 0 Å². The van der Waals surface area contributed by atoms with Crippen molar-refractivity contribution in [1.29, 1.82) is 0 Å². The number of aliphatic carboxylic acids is 1. The first-order valence-corrected chi connectivity index (χ1v) is 8.33. The number of aryl methyl sites for hydroxylation is 1. The monoisotopic (exact) mass is 310 g/mol. The average Bonchev–Trinajstić information content (AvgIpc) is 2.51. The van der Waals surface area contributed by atoms with Crippen LogP contribution in [-0.2, 0) is 24.1 Å². The van der Waals surface area contributed by atoms with Gasteiger partial charge in [-0.05, 0) is 72.6 Å². The van der Waals surface area contributed by atoms with Gasteiger partial charge in [0.05, 0.1) is 6.42 Å². The Bertz CT molecular complexity index is 725. The second-order valence-corrected chi connectivity index (χ2v) is 6.20.